The zero-order valence-electron chi connectivity index (χ0n) is 10.5. The van der Waals surface area contributed by atoms with E-state index in [1.807, 2.05) is 29.2 Å². The lowest BCUT2D eigenvalue weighted by molar-refractivity contribution is 0.687. The predicted octanol–water partition coefficient (Wildman–Crippen LogP) is 2.27. The molecular weight excluding hydrogens is 238 g/mol. The third-order valence-electron chi connectivity index (χ3n) is 2.85. The van der Waals surface area contributed by atoms with Gasteiger partial charge in [-0.3, -0.25) is 4.68 Å². The average molecular weight is 253 g/mol. The summed E-state index contributed by atoms with van der Waals surface area (Å²) in [6.45, 7) is 1.47. The van der Waals surface area contributed by atoms with Crippen molar-refractivity contribution in [2.45, 2.75) is 13.1 Å². The maximum atomic E-state index is 4.21. The second kappa shape index (κ2) is 5.39. The maximum Gasteiger partial charge on any atom is 0.125 e. The van der Waals surface area contributed by atoms with Gasteiger partial charge in [0.25, 0.3) is 0 Å². The van der Waals surface area contributed by atoms with Gasteiger partial charge in [0.2, 0.25) is 0 Å². The van der Waals surface area contributed by atoms with Gasteiger partial charge in [-0.25, -0.2) is 4.98 Å². The van der Waals surface area contributed by atoms with Gasteiger partial charge >= 0.3 is 0 Å². The highest BCUT2D eigenvalue weighted by molar-refractivity contribution is 5.45. The summed E-state index contributed by atoms with van der Waals surface area (Å²) in [4.78, 5) is 7.25. The molecule has 0 radical (unpaired) electrons. The molecule has 0 bridgehead atoms. The van der Waals surface area contributed by atoms with Crippen molar-refractivity contribution in [3.63, 3.8) is 0 Å². The molecule has 0 saturated carbocycles. The summed E-state index contributed by atoms with van der Waals surface area (Å²) in [7, 11) is 0. The second-order valence-electron chi connectivity index (χ2n) is 4.29. The summed E-state index contributed by atoms with van der Waals surface area (Å²) in [5.74, 6) is 0.928. The molecule has 0 saturated heterocycles. The van der Waals surface area contributed by atoms with Crippen LogP contribution in [0.1, 0.15) is 11.4 Å². The minimum Gasteiger partial charge on any atom is -0.378 e. The molecule has 3 rings (SSSR count). The molecule has 3 aromatic rings. The van der Waals surface area contributed by atoms with Crippen LogP contribution >= 0.6 is 0 Å². The number of benzene rings is 1. The van der Waals surface area contributed by atoms with Gasteiger partial charge < -0.3 is 10.3 Å². The summed E-state index contributed by atoms with van der Waals surface area (Å²) in [6.07, 6.45) is 7.33. The normalized spacial score (nSPS) is 10.5. The van der Waals surface area contributed by atoms with Gasteiger partial charge in [-0.1, -0.05) is 12.1 Å². The average Bonchev–Trinajstić information content (AvgIpc) is 3.10. The van der Waals surface area contributed by atoms with Gasteiger partial charge in [0.05, 0.1) is 13.1 Å². The Kier molecular flexibility index (Phi) is 3.27. The molecule has 1 aromatic carbocycles. The van der Waals surface area contributed by atoms with E-state index in [0.29, 0.717) is 6.54 Å². The number of imidazole rings is 1. The van der Waals surface area contributed by atoms with Crippen LogP contribution in [-0.2, 0) is 13.1 Å². The number of aromatic nitrogens is 4. The van der Waals surface area contributed by atoms with Crippen molar-refractivity contribution in [3.05, 3.63) is 66.5 Å². The third kappa shape index (κ3) is 3.01. The van der Waals surface area contributed by atoms with Crippen LogP contribution in [0.3, 0.4) is 0 Å². The Morgan fingerprint density at radius 3 is 3.00 bits per heavy atom. The van der Waals surface area contributed by atoms with Crippen LogP contribution in [0, 0.1) is 0 Å². The monoisotopic (exact) mass is 253 g/mol. The van der Waals surface area contributed by atoms with E-state index in [1.54, 1.807) is 12.4 Å². The Morgan fingerprint density at radius 2 is 2.21 bits per heavy atom. The van der Waals surface area contributed by atoms with E-state index in [2.05, 4.69) is 38.6 Å². The largest absolute Gasteiger partial charge is 0.378 e. The van der Waals surface area contributed by atoms with Crippen molar-refractivity contribution >= 4 is 5.69 Å². The van der Waals surface area contributed by atoms with Gasteiger partial charge in [0, 0.05) is 30.5 Å². The fourth-order valence-corrected chi connectivity index (χ4v) is 1.94. The molecule has 2 N–H and O–H groups in total. The number of anilines is 1. The molecule has 5 nitrogen and oxygen atoms in total. The first kappa shape index (κ1) is 11.5. The first-order valence-electron chi connectivity index (χ1n) is 6.19. The topological polar surface area (TPSA) is 58.5 Å². The Bertz CT molecular complexity index is 613. The first-order valence-corrected chi connectivity index (χ1v) is 6.19. The van der Waals surface area contributed by atoms with E-state index in [0.717, 1.165) is 18.1 Å². The van der Waals surface area contributed by atoms with Crippen molar-refractivity contribution in [2.24, 2.45) is 0 Å². The van der Waals surface area contributed by atoms with Gasteiger partial charge in [0.15, 0.2) is 0 Å². The fraction of sp³-hybridized carbons (Fsp3) is 0.143. The minimum atomic E-state index is 0.693. The Morgan fingerprint density at radius 1 is 1.21 bits per heavy atom. The van der Waals surface area contributed by atoms with Gasteiger partial charge in [-0.2, -0.15) is 5.10 Å². The summed E-state index contributed by atoms with van der Waals surface area (Å²) in [5, 5.41) is 7.55. The molecule has 0 spiro atoms. The molecule has 0 amide bonds. The first-order chi connectivity index (χ1) is 9.40. The SMILES string of the molecule is c1cc(Cn2cccn2)cc(NCc2ncc[nH]2)c1. The number of rotatable bonds is 5. The number of hydrogen-bond acceptors (Lipinski definition) is 3. The van der Waals surface area contributed by atoms with Crippen molar-refractivity contribution in [1.82, 2.24) is 19.7 Å². The molecule has 5 heteroatoms. The number of aromatic amines is 1. The van der Waals surface area contributed by atoms with Crippen molar-refractivity contribution in [1.29, 1.82) is 0 Å². The van der Waals surface area contributed by atoms with Crippen molar-refractivity contribution in [2.75, 3.05) is 5.32 Å². The highest BCUT2D eigenvalue weighted by Crippen LogP contribution is 2.12. The number of nitrogens with one attached hydrogen (secondary N) is 2. The van der Waals surface area contributed by atoms with Crippen LogP contribution in [0.25, 0.3) is 0 Å². The third-order valence-corrected chi connectivity index (χ3v) is 2.85. The molecule has 19 heavy (non-hydrogen) atoms. The van der Waals surface area contributed by atoms with E-state index in [9.17, 15) is 0 Å². The highest BCUT2D eigenvalue weighted by atomic mass is 15.3. The number of hydrogen-bond donors (Lipinski definition) is 2. The lowest BCUT2D eigenvalue weighted by atomic mass is 10.2. The summed E-state index contributed by atoms with van der Waals surface area (Å²) >= 11 is 0. The molecule has 0 fully saturated rings. The van der Waals surface area contributed by atoms with E-state index in [-0.39, 0.29) is 0 Å². The van der Waals surface area contributed by atoms with Crippen LogP contribution < -0.4 is 5.32 Å². The van der Waals surface area contributed by atoms with Crippen LogP contribution in [0.2, 0.25) is 0 Å². The van der Waals surface area contributed by atoms with E-state index < -0.39 is 0 Å². The Balaban J connectivity index is 1.66. The molecule has 2 aromatic heterocycles. The molecule has 0 atom stereocenters. The van der Waals surface area contributed by atoms with E-state index in [1.165, 1.54) is 5.56 Å². The summed E-state index contributed by atoms with van der Waals surface area (Å²) < 4.78 is 1.91. The van der Waals surface area contributed by atoms with Gasteiger partial charge in [-0.05, 0) is 23.8 Å². The van der Waals surface area contributed by atoms with E-state index >= 15 is 0 Å². The van der Waals surface area contributed by atoms with Crippen molar-refractivity contribution < 1.29 is 0 Å². The molecule has 0 aliphatic rings. The fourth-order valence-electron chi connectivity index (χ4n) is 1.94. The second-order valence-corrected chi connectivity index (χ2v) is 4.29. The van der Waals surface area contributed by atoms with Gasteiger partial charge in [-0.15, -0.1) is 0 Å². The molecule has 2 heterocycles. The Hall–Kier alpha value is -2.56. The number of nitrogens with zero attached hydrogens (tertiary/aromatic N) is 3. The lowest BCUT2D eigenvalue weighted by Gasteiger charge is -2.07. The van der Waals surface area contributed by atoms with Crippen LogP contribution in [-0.4, -0.2) is 19.7 Å². The van der Waals surface area contributed by atoms with Crippen LogP contribution in [0.15, 0.2) is 55.1 Å². The quantitative estimate of drug-likeness (QED) is 0.733. The zero-order valence-corrected chi connectivity index (χ0v) is 10.5. The molecule has 0 unspecified atom stereocenters. The minimum absolute atomic E-state index is 0.693. The van der Waals surface area contributed by atoms with Crippen molar-refractivity contribution in [3.8, 4) is 0 Å². The zero-order chi connectivity index (χ0) is 12.9. The predicted molar refractivity (Wildman–Crippen MR) is 73.7 cm³/mol. The Labute approximate surface area is 111 Å². The smallest absolute Gasteiger partial charge is 0.125 e. The molecule has 0 aliphatic carbocycles. The lowest BCUT2D eigenvalue weighted by Crippen LogP contribution is -2.03. The molecule has 0 aliphatic heterocycles. The standard InChI is InChI=1S/C14H15N5/c1-3-12(11-19-8-2-5-18-19)9-13(4-1)17-10-14-15-6-7-16-14/h1-9,17H,10-11H2,(H,15,16). The van der Waals surface area contributed by atoms with E-state index in [4.69, 9.17) is 0 Å². The molecular formula is C14H15N5. The van der Waals surface area contributed by atoms with Gasteiger partial charge in [0.1, 0.15) is 5.82 Å². The maximum absolute atomic E-state index is 4.21. The summed E-state index contributed by atoms with van der Waals surface area (Å²) in [6, 6.07) is 10.3. The number of H-pyrrole nitrogens is 1. The highest BCUT2D eigenvalue weighted by Gasteiger charge is 1.99. The molecule has 96 valence electrons. The van der Waals surface area contributed by atoms with Crippen LogP contribution in [0.4, 0.5) is 5.69 Å². The van der Waals surface area contributed by atoms with Crippen LogP contribution in [0.5, 0.6) is 0 Å². The summed E-state index contributed by atoms with van der Waals surface area (Å²) in [5.41, 5.74) is 2.30.